The molecule has 0 amide bonds. The third-order valence-electron chi connectivity index (χ3n) is 4.57. The van der Waals surface area contributed by atoms with Crippen LogP contribution in [0.4, 0.5) is 0 Å². The van der Waals surface area contributed by atoms with Gasteiger partial charge in [0.1, 0.15) is 0 Å². The number of ketones is 2. The number of hydrogen-bond acceptors (Lipinski definition) is 6. The number of aromatic nitrogens is 4. The van der Waals surface area contributed by atoms with E-state index in [0.29, 0.717) is 22.1 Å². The SMILES string of the molecule is CCCCCCCCC1=CC(=O)C(Sc2nnnn2-c2ccccc2)=CC1=O. The summed E-state index contributed by atoms with van der Waals surface area (Å²) in [6.45, 7) is 2.19. The highest BCUT2D eigenvalue weighted by Gasteiger charge is 2.23. The molecule has 0 atom stereocenters. The minimum atomic E-state index is -0.159. The van der Waals surface area contributed by atoms with Crippen molar-refractivity contribution in [2.45, 2.75) is 57.0 Å². The number of allylic oxidation sites excluding steroid dienone is 4. The second kappa shape index (κ2) is 10.1. The summed E-state index contributed by atoms with van der Waals surface area (Å²) in [6.07, 6.45) is 10.5. The van der Waals surface area contributed by atoms with Crippen LogP contribution in [0.1, 0.15) is 51.9 Å². The van der Waals surface area contributed by atoms with Crippen molar-refractivity contribution in [3.05, 3.63) is 53.0 Å². The maximum absolute atomic E-state index is 12.5. The molecule has 1 aliphatic rings. The highest BCUT2D eigenvalue weighted by atomic mass is 32.2. The number of carbonyl (C=O) groups is 2. The first-order valence-electron chi connectivity index (χ1n) is 9.71. The molecule has 28 heavy (non-hydrogen) atoms. The van der Waals surface area contributed by atoms with E-state index in [9.17, 15) is 9.59 Å². The number of para-hydroxylation sites is 1. The average Bonchev–Trinajstić information content (AvgIpc) is 3.17. The quantitative estimate of drug-likeness (QED) is 0.436. The lowest BCUT2D eigenvalue weighted by Crippen LogP contribution is -2.12. The lowest BCUT2D eigenvalue weighted by Gasteiger charge is -2.12. The van der Waals surface area contributed by atoms with Crippen molar-refractivity contribution in [3.63, 3.8) is 0 Å². The highest BCUT2D eigenvalue weighted by Crippen LogP contribution is 2.30. The Bertz CT molecular complexity index is 887. The summed E-state index contributed by atoms with van der Waals surface area (Å²) < 4.78 is 1.55. The molecule has 146 valence electrons. The Morgan fingerprint density at radius 3 is 2.46 bits per heavy atom. The van der Waals surface area contributed by atoms with Gasteiger partial charge in [-0.15, -0.1) is 5.10 Å². The summed E-state index contributed by atoms with van der Waals surface area (Å²) in [4.78, 5) is 25.3. The van der Waals surface area contributed by atoms with E-state index in [4.69, 9.17) is 0 Å². The zero-order chi connectivity index (χ0) is 19.8. The van der Waals surface area contributed by atoms with Crippen LogP contribution in [0.15, 0.2) is 58.1 Å². The Morgan fingerprint density at radius 1 is 0.929 bits per heavy atom. The van der Waals surface area contributed by atoms with Crippen molar-refractivity contribution in [1.82, 2.24) is 20.2 Å². The summed E-state index contributed by atoms with van der Waals surface area (Å²) in [5, 5.41) is 12.1. The van der Waals surface area contributed by atoms with E-state index >= 15 is 0 Å². The van der Waals surface area contributed by atoms with E-state index in [1.54, 1.807) is 4.68 Å². The second-order valence-electron chi connectivity index (χ2n) is 6.74. The molecule has 6 nitrogen and oxygen atoms in total. The zero-order valence-electron chi connectivity index (χ0n) is 16.0. The van der Waals surface area contributed by atoms with Crippen LogP contribution in [0.2, 0.25) is 0 Å². The molecule has 0 spiro atoms. The number of hydrogen-bond donors (Lipinski definition) is 0. The number of benzene rings is 1. The topological polar surface area (TPSA) is 77.7 Å². The maximum atomic E-state index is 12.5. The van der Waals surface area contributed by atoms with E-state index in [0.717, 1.165) is 30.3 Å². The predicted molar refractivity (Wildman–Crippen MR) is 109 cm³/mol. The molecule has 3 rings (SSSR count). The fourth-order valence-corrected chi connectivity index (χ4v) is 3.85. The molecule has 0 N–H and O–H groups in total. The second-order valence-corrected chi connectivity index (χ2v) is 7.74. The fraction of sp³-hybridized carbons (Fsp3) is 0.381. The third kappa shape index (κ3) is 5.25. The lowest BCUT2D eigenvalue weighted by molar-refractivity contribution is -0.114. The van der Waals surface area contributed by atoms with Gasteiger partial charge >= 0.3 is 0 Å². The third-order valence-corrected chi connectivity index (χ3v) is 5.55. The van der Waals surface area contributed by atoms with Crippen LogP contribution >= 0.6 is 11.8 Å². The van der Waals surface area contributed by atoms with Crippen LogP contribution in [-0.2, 0) is 9.59 Å². The Kier molecular flexibility index (Phi) is 7.31. The normalized spacial score (nSPS) is 14.2. The number of thioether (sulfide) groups is 1. The summed E-state index contributed by atoms with van der Waals surface area (Å²) in [5.74, 6) is -0.248. The van der Waals surface area contributed by atoms with Crippen molar-refractivity contribution in [1.29, 1.82) is 0 Å². The molecule has 1 aromatic heterocycles. The van der Waals surface area contributed by atoms with Crippen LogP contribution in [0.3, 0.4) is 0 Å². The Hall–Kier alpha value is -2.54. The summed E-state index contributed by atoms with van der Waals surface area (Å²) in [6, 6.07) is 9.43. The van der Waals surface area contributed by atoms with Crippen LogP contribution < -0.4 is 0 Å². The standard InChI is InChI=1S/C21H24N4O2S/c1-2-3-4-5-6-8-11-16-14-19(27)20(15-18(16)26)28-21-22-23-24-25(21)17-12-9-7-10-13-17/h7,9-10,12-15H,2-6,8,11H2,1H3. The van der Waals surface area contributed by atoms with Crippen molar-refractivity contribution in [2.24, 2.45) is 0 Å². The molecule has 1 aromatic carbocycles. The van der Waals surface area contributed by atoms with Crippen molar-refractivity contribution < 1.29 is 9.59 Å². The van der Waals surface area contributed by atoms with Gasteiger partial charge in [0.2, 0.25) is 5.16 Å². The van der Waals surface area contributed by atoms with Gasteiger partial charge in [-0.05, 0) is 53.2 Å². The van der Waals surface area contributed by atoms with Gasteiger partial charge in [-0.25, -0.2) is 0 Å². The number of nitrogens with zero attached hydrogens (tertiary/aromatic N) is 4. The number of tetrazole rings is 1. The first kappa shape index (κ1) is 20.2. The maximum Gasteiger partial charge on any atom is 0.219 e. The van der Waals surface area contributed by atoms with Crippen molar-refractivity contribution in [3.8, 4) is 5.69 Å². The Balaban J connectivity index is 1.60. The van der Waals surface area contributed by atoms with Gasteiger partial charge in [0, 0.05) is 11.6 Å². The van der Waals surface area contributed by atoms with E-state index in [2.05, 4.69) is 22.4 Å². The number of unbranched alkanes of at least 4 members (excludes halogenated alkanes) is 5. The average molecular weight is 397 g/mol. The van der Waals surface area contributed by atoms with Crippen molar-refractivity contribution in [2.75, 3.05) is 0 Å². The fourth-order valence-electron chi connectivity index (χ4n) is 3.03. The molecule has 7 heteroatoms. The molecule has 0 radical (unpaired) electrons. The van der Waals surface area contributed by atoms with E-state index in [-0.39, 0.29) is 11.6 Å². The van der Waals surface area contributed by atoms with E-state index in [1.165, 1.54) is 37.8 Å². The molecule has 0 unspecified atom stereocenters. The molecule has 0 fully saturated rings. The minimum absolute atomic E-state index is 0.0885. The summed E-state index contributed by atoms with van der Waals surface area (Å²) in [5.41, 5.74) is 1.40. The first-order chi connectivity index (χ1) is 13.7. The monoisotopic (exact) mass is 396 g/mol. The molecule has 0 bridgehead atoms. The minimum Gasteiger partial charge on any atom is -0.290 e. The number of carbonyl (C=O) groups excluding carboxylic acids is 2. The largest absolute Gasteiger partial charge is 0.290 e. The Morgan fingerprint density at radius 2 is 1.68 bits per heavy atom. The highest BCUT2D eigenvalue weighted by molar-refractivity contribution is 8.03. The van der Waals surface area contributed by atoms with Gasteiger partial charge in [0.15, 0.2) is 11.6 Å². The van der Waals surface area contributed by atoms with Gasteiger partial charge in [-0.1, -0.05) is 57.2 Å². The van der Waals surface area contributed by atoms with Crippen molar-refractivity contribution >= 4 is 23.3 Å². The molecule has 0 saturated heterocycles. The first-order valence-corrected chi connectivity index (χ1v) is 10.5. The smallest absolute Gasteiger partial charge is 0.219 e. The van der Waals surface area contributed by atoms with Gasteiger partial charge in [-0.3, -0.25) is 9.59 Å². The predicted octanol–water partition coefficient (Wildman–Crippen LogP) is 4.47. The van der Waals surface area contributed by atoms with Gasteiger partial charge in [-0.2, -0.15) is 4.68 Å². The molecule has 1 heterocycles. The van der Waals surface area contributed by atoms with Crippen LogP contribution in [0.5, 0.6) is 0 Å². The summed E-state index contributed by atoms with van der Waals surface area (Å²) >= 11 is 1.12. The molecule has 0 saturated carbocycles. The number of rotatable bonds is 10. The molecule has 1 aliphatic carbocycles. The molecular formula is C21H24N4O2S. The van der Waals surface area contributed by atoms with Crippen LogP contribution in [0.25, 0.3) is 5.69 Å². The summed E-state index contributed by atoms with van der Waals surface area (Å²) in [7, 11) is 0. The van der Waals surface area contributed by atoms with Gasteiger partial charge < -0.3 is 0 Å². The Labute approximate surface area is 169 Å². The van der Waals surface area contributed by atoms with E-state index < -0.39 is 0 Å². The van der Waals surface area contributed by atoms with Gasteiger partial charge in [0.05, 0.1) is 10.6 Å². The lowest BCUT2D eigenvalue weighted by atomic mass is 9.97. The molecule has 2 aromatic rings. The molecule has 0 aliphatic heterocycles. The zero-order valence-corrected chi connectivity index (χ0v) is 16.8. The molecular weight excluding hydrogens is 372 g/mol. The van der Waals surface area contributed by atoms with Gasteiger partial charge in [0.25, 0.3) is 0 Å². The van der Waals surface area contributed by atoms with E-state index in [1.807, 2.05) is 30.3 Å². The van der Waals surface area contributed by atoms with Crippen LogP contribution in [-0.4, -0.2) is 31.8 Å². The van der Waals surface area contributed by atoms with Crippen LogP contribution in [0, 0.1) is 0 Å².